The second kappa shape index (κ2) is 15.7. The van der Waals surface area contributed by atoms with Crippen LogP contribution in [0.15, 0.2) is 12.7 Å². The summed E-state index contributed by atoms with van der Waals surface area (Å²) in [6, 6.07) is 0. The first-order valence-corrected chi connectivity index (χ1v) is 18.2. The van der Waals surface area contributed by atoms with Crippen molar-refractivity contribution in [2.45, 2.75) is 110 Å². The minimum absolute atomic E-state index is 0.0641. The van der Waals surface area contributed by atoms with Crippen LogP contribution in [0.1, 0.15) is 86.0 Å². The number of allylic oxidation sites excluding steroid dienone is 1. The molecule has 24 heavy (non-hydrogen) atoms. The predicted molar refractivity (Wildman–Crippen MR) is 110 cm³/mol. The molecular formula is C21H44O2Sn. The van der Waals surface area contributed by atoms with E-state index in [0.29, 0.717) is 4.12 Å². The van der Waals surface area contributed by atoms with Crippen LogP contribution in [-0.4, -0.2) is 35.4 Å². The average molecular weight is 447 g/mol. The van der Waals surface area contributed by atoms with E-state index in [4.69, 9.17) is 9.47 Å². The van der Waals surface area contributed by atoms with E-state index in [1.54, 1.807) is 0 Å². The maximum atomic E-state index is 6.57. The van der Waals surface area contributed by atoms with Crippen LogP contribution < -0.4 is 0 Å². The van der Waals surface area contributed by atoms with Crippen LogP contribution in [0.25, 0.3) is 0 Å². The van der Waals surface area contributed by atoms with Gasteiger partial charge in [0.05, 0.1) is 0 Å². The summed E-state index contributed by atoms with van der Waals surface area (Å²) in [5, 5.41) is 0. The standard InChI is InChI=1S/C9H17O2.3C4H9.Sn/c1-4-6-7-8-11-9(3)10-5-2;3*1-3-4-2;/h4,8-9H,1,5-7H2,2-3H3;3*1,3-4H2,2H3;. The molecule has 2 nitrogen and oxygen atoms in total. The van der Waals surface area contributed by atoms with Crippen molar-refractivity contribution in [3.63, 3.8) is 0 Å². The molecule has 0 saturated carbocycles. The Kier molecular flexibility index (Phi) is 16.0. The molecule has 0 aliphatic rings. The van der Waals surface area contributed by atoms with Crippen molar-refractivity contribution < 1.29 is 9.47 Å². The van der Waals surface area contributed by atoms with Crippen molar-refractivity contribution in [2.75, 3.05) is 6.61 Å². The van der Waals surface area contributed by atoms with Crippen molar-refractivity contribution in [3.8, 4) is 0 Å². The summed E-state index contributed by atoms with van der Waals surface area (Å²) < 4.78 is 17.3. The van der Waals surface area contributed by atoms with Crippen molar-refractivity contribution in [1.82, 2.24) is 0 Å². The van der Waals surface area contributed by atoms with Gasteiger partial charge in [0.15, 0.2) is 0 Å². The zero-order valence-electron chi connectivity index (χ0n) is 17.2. The number of hydrogen-bond acceptors (Lipinski definition) is 2. The van der Waals surface area contributed by atoms with Gasteiger partial charge in [-0.2, -0.15) is 0 Å². The Morgan fingerprint density at radius 2 is 1.42 bits per heavy atom. The number of ether oxygens (including phenoxy) is 2. The minimum atomic E-state index is -2.37. The monoisotopic (exact) mass is 448 g/mol. The molecule has 0 aromatic carbocycles. The van der Waals surface area contributed by atoms with Gasteiger partial charge in [0.1, 0.15) is 0 Å². The van der Waals surface area contributed by atoms with E-state index >= 15 is 0 Å². The predicted octanol–water partition coefficient (Wildman–Crippen LogP) is 7.11. The van der Waals surface area contributed by atoms with Gasteiger partial charge in [-0.15, -0.1) is 0 Å². The van der Waals surface area contributed by atoms with Gasteiger partial charge < -0.3 is 0 Å². The molecule has 2 atom stereocenters. The third-order valence-corrected chi connectivity index (χ3v) is 21.8. The topological polar surface area (TPSA) is 18.5 Å². The second-order valence-electron chi connectivity index (χ2n) is 7.19. The molecular weight excluding hydrogens is 403 g/mol. The van der Waals surface area contributed by atoms with E-state index < -0.39 is 18.4 Å². The second-order valence-corrected chi connectivity index (χ2v) is 21.1. The molecule has 0 fully saturated rings. The van der Waals surface area contributed by atoms with E-state index in [0.717, 1.165) is 19.4 Å². The molecule has 2 unspecified atom stereocenters. The summed E-state index contributed by atoms with van der Waals surface area (Å²) in [5.74, 6) is 0. The molecule has 0 radical (unpaired) electrons. The van der Waals surface area contributed by atoms with Crippen LogP contribution >= 0.6 is 0 Å². The maximum absolute atomic E-state index is 6.57. The van der Waals surface area contributed by atoms with E-state index in [-0.39, 0.29) is 6.29 Å². The zero-order valence-corrected chi connectivity index (χ0v) is 20.1. The molecule has 0 rings (SSSR count). The number of rotatable bonds is 17. The molecule has 0 amide bonds. The van der Waals surface area contributed by atoms with Crippen molar-refractivity contribution in [3.05, 3.63) is 12.7 Å². The van der Waals surface area contributed by atoms with Gasteiger partial charge in [-0.3, -0.25) is 0 Å². The zero-order chi connectivity index (χ0) is 18.3. The molecule has 0 aliphatic heterocycles. The molecule has 0 aliphatic carbocycles. The first-order chi connectivity index (χ1) is 11.6. The van der Waals surface area contributed by atoms with Gasteiger partial charge in [-0.1, -0.05) is 0 Å². The fraction of sp³-hybridized carbons (Fsp3) is 0.905. The first-order valence-electron chi connectivity index (χ1n) is 10.5. The van der Waals surface area contributed by atoms with Crippen LogP contribution in [0, 0.1) is 0 Å². The Bertz CT molecular complexity index is 272. The summed E-state index contributed by atoms with van der Waals surface area (Å²) in [6.45, 7) is 15.8. The van der Waals surface area contributed by atoms with Gasteiger partial charge in [-0.05, 0) is 0 Å². The van der Waals surface area contributed by atoms with E-state index in [1.807, 2.05) is 0 Å². The van der Waals surface area contributed by atoms with Gasteiger partial charge >= 0.3 is 157 Å². The Labute approximate surface area is 156 Å². The average Bonchev–Trinajstić information content (AvgIpc) is 2.58. The van der Waals surface area contributed by atoms with Crippen LogP contribution in [0.5, 0.6) is 0 Å². The third-order valence-electron chi connectivity index (χ3n) is 5.16. The SMILES string of the molecule is C=CCC[CH](OC(C)OCC)[Sn]([CH2]CCC)([CH2]CCC)[CH2]CCC. The normalized spacial score (nSPS) is 14.5. The molecule has 0 N–H and O–H groups in total. The fourth-order valence-corrected chi connectivity index (χ4v) is 21.3. The van der Waals surface area contributed by atoms with Crippen LogP contribution in [0.4, 0.5) is 0 Å². The van der Waals surface area contributed by atoms with Crippen molar-refractivity contribution >= 4 is 18.4 Å². The summed E-state index contributed by atoms with van der Waals surface area (Å²) in [5.41, 5.74) is 0. The van der Waals surface area contributed by atoms with Gasteiger partial charge in [0.2, 0.25) is 0 Å². The fourth-order valence-electron chi connectivity index (χ4n) is 3.74. The summed E-state index contributed by atoms with van der Waals surface area (Å²) in [4.78, 5) is 0. The molecule has 0 aromatic heterocycles. The van der Waals surface area contributed by atoms with E-state index in [9.17, 15) is 0 Å². The summed E-state index contributed by atoms with van der Waals surface area (Å²) in [7, 11) is 0. The summed E-state index contributed by atoms with van der Waals surface area (Å²) >= 11 is -2.37. The molecule has 0 aromatic rings. The Morgan fingerprint density at radius 1 is 0.917 bits per heavy atom. The molecule has 3 heteroatoms. The van der Waals surface area contributed by atoms with Crippen LogP contribution in [0.3, 0.4) is 0 Å². The van der Waals surface area contributed by atoms with Crippen LogP contribution in [-0.2, 0) is 9.47 Å². The first kappa shape index (κ1) is 24.5. The van der Waals surface area contributed by atoms with E-state index in [2.05, 4.69) is 47.3 Å². The number of hydrogen-bond donors (Lipinski definition) is 0. The summed E-state index contributed by atoms with van der Waals surface area (Å²) in [6.07, 6.45) is 12.3. The van der Waals surface area contributed by atoms with Crippen LogP contribution in [0.2, 0.25) is 13.3 Å². The van der Waals surface area contributed by atoms with Gasteiger partial charge in [0.25, 0.3) is 0 Å². The Morgan fingerprint density at radius 3 is 1.79 bits per heavy atom. The number of unbranched alkanes of at least 4 members (excludes halogenated alkanes) is 3. The molecule has 0 spiro atoms. The van der Waals surface area contributed by atoms with Crippen molar-refractivity contribution in [1.29, 1.82) is 0 Å². The quantitative estimate of drug-likeness (QED) is 0.134. The Hall–Kier alpha value is 0.459. The van der Waals surface area contributed by atoms with E-state index in [1.165, 1.54) is 51.8 Å². The molecule has 0 saturated heterocycles. The van der Waals surface area contributed by atoms with Gasteiger partial charge in [0, 0.05) is 0 Å². The third kappa shape index (κ3) is 9.82. The van der Waals surface area contributed by atoms with Crippen molar-refractivity contribution in [2.24, 2.45) is 0 Å². The molecule has 0 heterocycles. The molecule has 144 valence electrons. The molecule has 0 bridgehead atoms. The van der Waals surface area contributed by atoms with Gasteiger partial charge in [-0.25, -0.2) is 0 Å². The Balaban J connectivity index is 5.37.